The first-order valence-corrected chi connectivity index (χ1v) is 9.87. The number of nitrogens with two attached hydrogens (primary N) is 1. The van der Waals surface area contributed by atoms with E-state index in [9.17, 15) is 18.0 Å². The van der Waals surface area contributed by atoms with Gasteiger partial charge in [0.2, 0.25) is 10.0 Å². The van der Waals surface area contributed by atoms with Crippen LogP contribution in [0.3, 0.4) is 0 Å². The molecular formula is C15H15N5O5S2. The van der Waals surface area contributed by atoms with Crippen molar-refractivity contribution >= 4 is 43.5 Å². The van der Waals surface area contributed by atoms with Crippen molar-refractivity contribution in [1.82, 2.24) is 14.3 Å². The van der Waals surface area contributed by atoms with E-state index < -0.39 is 21.9 Å². The maximum atomic E-state index is 12.4. The summed E-state index contributed by atoms with van der Waals surface area (Å²) in [5.41, 5.74) is 0.789. The second-order valence-electron chi connectivity index (χ2n) is 5.48. The van der Waals surface area contributed by atoms with Crippen LogP contribution in [-0.4, -0.2) is 41.8 Å². The lowest BCUT2D eigenvalue weighted by molar-refractivity contribution is -0.141. The number of hydrogen-bond donors (Lipinski definition) is 1. The van der Waals surface area contributed by atoms with Gasteiger partial charge in [-0.3, -0.25) is 14.3 Å². The molecule has 0 aliphatic rings. The maximum absolute atomic E-state index is 12.4. The number of aromatic nitrogens is 3. The number of benzene rings is 1. The summed E-state index contributed by atoms with van der Waals surface area (Å²) in [6.45, 7) is -0.192. The van der Waals surface area contributed by atoms with Crippen LogP contribution in [0.15, 0.2) is 40.4 Å². The summed E-state index contributed by atoms with van der Waals surface area (Å²) >= 11 is 1.06. The first-order chi connectivity index (χ1) is 12.7. The molecule has 3 rings (SSSR count). The fraction of sp³-hybridized carbons (Fsp3) is 0.200. The van der Waals surface area contributed by atoms with Crippen molar-refractivity contribution in [1.29, 1.82) is 0 Å². The third-order valence-corrected chi connectivity index (χ3v) is 5.69. The molecule has 0 saturated heterocycles. The number of primary sulfonamides is 1. The summed E-state index contributed by atoms with van der Waals surface area (Å²) in [4.78, 5) is 28.4. The van der Waals surface area contributed by atoms with Gasteiger partial charge in [0.05, 0.1) is 22.2 Å². The zero-order valence-electron chi connectivity index (χ0n) is 14.3. The Hall–Kier alpha value is -2.83. The van der Waals surface area contributed by atoms with Crippen molar-refractivity contribution < 1.29 is 22.7 Å². The van der Waals surface area contributed by atoms with Crippen LogP contribution in [0, 0.1) is 0 Å². The number of aryl methyl sites for hydroxylation is 1. The van der Waals surface area contributed by atoms with Crippen LogP contribution in [0.2, 0.25) is 0 Å². The molecule has 0 aliphatic heterocycles. The highest BCUT2D eigenvalue weighted by Crippen LogP contribution is 2.21. The zero-order valence-corrected chi connectivity index (χ0v) is 16.0. The smallest absolute Gasteiger partial charge is 0.325 e. The molecule has 0 aliphatic carbocycles. The van der Waals surface area contributed by atoms with E-state index in [0.717, 1.165) is 11.3 Å². The molecule has 0 unspecified atom stereocenters. The van der Waals surface area contributed by atoms with Gasteiger partial charge in [0, 0.05) is 13.2 Å². The molecule has 1 aromatic carbocycles. The number of hydrogen-bond acceptors (Lipinski definition) is 7. The van der Waals surface area contributed by atoms with Gasteiger partial charge in [-0.1, -0.05) is 11.3 Å². The number of carbonyl (C=O) groups is 2. The molecule has 0 bridgehead atoms. The van der Waals surface area contributed by atoms with E-state index in [-0.39, 0.29) is 21.9 Å². The lowest BCUT2D eigenvalue weighted by Gasteiger charge is -2.04. The average Bonchev–Trinajstić information content (AvgIpc) is 3.17. The van der Waals surface area contributed by atoms with Crippen molar-refractivity contribution in [3.63, 3.8) is 0 Å². The molecule has 27 heavy (non-hydrogen) atoms. The normalized spacial score (nSPS) is 12.5. The molecule has 0 fully saturated rings. The molecule has 2 N–H and O–H groups in total. The van der Waals surface area contributed by atoms with Gasteiger partial charge in [-0.25, -0.2) is 13.6 Å². The molecule has 0 atom stereocenters. The van der Waals surface area contributed by atoms with Crippen molar-refractivity contribution in [2.45, 2.75) is 11.4 Å². The third-order valence-electron chi connectivity index (χ3n) is 3.73. The highest BCUT2D eigenvalue weighted by molar-refractivity contribution is 7.89. The minimum atomic E-state index is -3.89. The second kappa shape index (κ2) is 7.06. The lowest BCUT2D eigenvalue weighted by Crippen LogP contribution is -2.22. The lowest BCUT2D eigenvalue weighted by atomic mass is 10.3. The Morgan fingerprint density at radius 1 is 1.33 bits per heavy atom. The van der Waals surface area contributed by atoms with Crippen LogP contribution in [0.5, 0.6) is 0 Å². The van der Waals surface area contributed by atoms with Crippen LogP contribution in [0.1, 0.15) is 10.5 Å². The molecule has 2 aromatic heterocycles. The van der Waals surface area contributed by atoms with Gasteiger partial charge in [-0.05, 0) is 24.3 Å². The number of esters is 1. The van der Waals surface area contributed by atoms with Crippen molar-refractivity contribution in [3.05, 3.63) is 41.0 Å². The molecule has 0 saturated carbocycles. The monoisotopic (exact) mass is 409 g/mol. The Balaban J connectivity index is 2.21. The fourth-order valence-electron chi connectivity index (χ4n) is 2.39. The van der Waals surface area contributed by atoms with Gasteiger partial charge >= 0.3 is 5.97 Å². The molecule has 0 radical (unpaired) electrons. The highest BCUT2D eigenvalue weighted by Gasteiger charge is 2.16. The molecule has 2 heterocycles. The predicted molar refractivity (Wildman–Crippen MR) is 96.3 cm³/mol. The molecule has 3 aromatic rings. The maximum Gasteiger partial charge on any atom is 0.325 e. The largest absolute Gasteiger partial charge is 0.468 e. The molecule has 0 spiro atoms. The minimum Gasteiger partial charge on any atom is -0.468 e. The highest BCUT2D eigenvalue weighted by atomic mass is 32.2. The summed E-state index contributed by atoms with van der Waals surface area (Å²) in [7, 11) is -1.04. The molecule has 1 amide bonds. The minimum absolute atomic E-state index is 0.0778. The summed E-state index contributed by atoms with van der Waals surface area (Å²) in [5.74, 6) is -1.09. The van der Waals surface area contributed by atoms with Gasteiger partial charge in [0.15, 0.2) is 4.80 Å². The molecular weight excluding hydrogens is 394 g/mol. The standard InChI is InChI=1S/C15H15N5O5S2/c1-19-11(5-6-17-19)14(22)18-15-20(8-13(21)25-2)10-4-3-9(27(16,23)24)7-12(10)26-15/h3-7H,8H2,1-2H3,(H2,16,23,24). The first kappa shape index (κ1) is 18.9. The number of ether oxygens (including phenoxy) is 1. The van der Waals surface area contributed by atoms with Gasteiger partial charge in [0.25, 0.3) is 5.91 Å². The van der Waals surface area contributed by atoms with E-state index >= 15 is 0 Å². The van der Waals surface area contributed by atoms with E-state index in [1.165, 1.54) is 46.8 Å². The number of amides is 1. The number of nitrogens with zero attached hydrogens (tertiary/aromatic N) is 4. The molecule has 10 nitrogen and oxygen atoms in total. The van der Waals surface area contributed by atoms with Gasteiger partial charge in [-0.2, -0.15) is 10.1 Å². The Kier molecular flexibility index (Phi) is 4.95. The van der Waals surface area contributed by atoms with Gasteiger partial charge in [-0.15, -0.1) is 0 Å². The van der Waals surface area contributed by atoms with E-state index in [4.69, 9.17) is 9.88 Å². The average molecular weight is 409 g/mol. The van der Waals surface area contributed by atoms with Crippen LogP contribution < -0.4 is 9.94 Å². The summed E-state index contributed by atoms with van der Waals surface area (Å²) < 4.78 is 31.2. The van der Waals surface area contributed by atoms with Gasteiger partial charge < -0.3 is 9.30 Å². The van der Waals surface area contributed by atoms with E-state index in [1.807, 2.05) is 0 Å². The molecule has 142 valence electrons. The Morgan fingerprint density at radius 2 is 2.07 bits per heavy atom. The van der Waals surface area contributed by atoms with Crippen molar-refractivity contribution in [3.8, 4) is 0 Å². The van der Waals surface area contributed by atoms with E-state index in [0.29, 0.717) is 10.2 Å². The summed E-state index contributed by atoms with van der Waals surface area (Å²) in [6, 6.07) is 5.71. The fourth-order valence-corrected chi connectivity index (χ4v) is 4.07. The summed E-state index contributed by atoms with van der Waals surface area (Å²) in [5, 5.41) is 9.09. The number of sulfonamides is 1. The SMILES string of the molecule is COC(=O)Cn1c(=NC(=O)c2ccnn2C)sc2cc(S(N)(=O)=O)ccc21. The third kappa shape index (κ3) is 3.82. The van der Waals surface area contributed by atoms with Crippen molar-refractivity contribution in [2.24, 2.45) is 17.2 Å². The molecule has 12 heteroatoms. The van der Waals surface area contributed by atoms with Crippen molar-refractivity contribution in [2.75, 3.05) is 7.11 Å². The number of fused-ring (bicyclic) bond motifs is 1. The Bertz CT molecular complexity index is 1220. The van der Waals surface area contributed by atoms with E-state index in [2.05, 4.69) is 10.1 Å². The van der Waals surface area contributed by atoms with E-state index in [1.54, 1.807) is 7.05 Å². The number of methoxy groups -OCH3 is 1. The number of rotatable bonds is 4. The summed E-state index contributed by atoms with van der Waals surface area (Å²) in [6.07, 6.45) is 1.47. The van der Waals surface area contributed by atoms with Crippen LogP contribution in [0.4, 0.5) is 0 Å². The predicted octanol–water partition coefficient (Wildman–Crippen LogP) is -0.00220. The van der Waals surface area contributed by atoms with Crippen LogP contribution in [-0.2, 0) is 33.1 Å². The number of carbonyl (C=O) groups excluding carboxylic acids is 2. The second-order valence-corrected chi connectivity index (χ2v) is 8.05. The van der Waals surface area contributed by atoms with Gasteiger partial charge in [0.1, 0.15) is 12.2 Å². The zero-order chi connectivity index (χ0) is 19.8. The Labute approximate surface area is 157 Å². The number of thiazole rings is 1. The Morgan fingerprint density at radius 3 is 2.67 bits per heavy atom. The quantitative estimate of drug-likeness (QED) is 0.602. The van der Waals surface area contributed by atoms with Crippen LogP contribution in [0.25, 0.3) is 10.2 Å². The topological polar surface area (TPSA) is 139 Å². The van der Waals surface area contributed by atoms with Crippen LogP contribution >= 0.6 is 11.3 Å². The first-order valence-electron chi connectivity index (χ1n) is 7.51.